The number of thiophene rings is 1. The minimum atomic E-state index is -0.0349. The lowest BCUT2D eigenvalue weighted by atomic mass is 10.3. The summed E-state index contributed by atoms with van der Waals surface area (Å²) in [6, 6.07) is 14.0. The molecular weight excluding hydrogens is 354 g/mol. The molecule has 1 atom stereocenters. The smallest absolute Gasteiger partial charge is 0.257 e. The fraction of sp³-hybridized carbons (Fsp3) is 0.176. The van der Waals surface area contributed by atoms with Gasteiger partial charge >= 0.3 is 0 Å². The third-order valence-electron chi connectivity index (χ3n) is 3.61. The number of hydrogen-bond donors (Lipinski definition) is 0. The van der Waals surface area contributed by atoms with E-state index in [4.69, 9.17) is 4.42 Å². The monoisotopic (exact) mass is 369 g/mol. The minimum Gasteiger partial charge on any atom is -0.419 e. The van der Waals surface area contributed by atoms with Crippen LogP contribution in [0.4, 0.5) is 0 Å². The molecule has 0 N–H and O–H groups in total. The molecule has 3 aromatic heterocycles. The van der Waals surface area contributed by atoms with Gasteiger partial charge in [-0.3, -0.25) is 4.57 Å². The van der Waals surface area contributed by atoms with Gasteiger partial charge in [0.2, 0.25) is 5.89 Å². The van der Waals surface area contributed by atoms with Gasteiger partial charge < -0.3 is 4.42 Å². The van der Waals surface area contributed by atoms with Gasteiger partial charge in [-0.1, -0.05) is 36.0 Å². The maximum Gasteiger partial charge on any atom is 0.257 e. The molecule has 0 radical (unpaired) electrons. The Bertz CT molecular complexity index is 962. The first-order valence-electron chi connectivity index (χ1n) is 7.74. The summed E-state index contributed by atoms with van der Waals surface area (Å²) in [7, 11) is 0. The van der Waals surface area contributed by atoms with Gasteiger partial charge in [-0.15, -0.1) is 31.7 Å². The Hall–Kier alpha value is -2.45. The van der Waals surface area contributed by atoms with E-state index in [1.54, 1.807) is 23.1 Å². The quantitative estimate of drug-likeness (QED) is 0.481. The van der Waals surface area contributed by atoms with E-state index in [0.29, 0.717) is 11.8 Å². The van der Waals surface area contributed by atoms with E-state index in [1.165, 1.54) is 0 Å². The summed E-state index contributed by atoms with van der Waals surface area (Å²) in [5.41, 5.74) is 1.03. The second-order valence-corrected chi connectivity index (χ2v) is 7.64. The van der Waals surface area contributed by atoms with Crippen molar-refractivity contribution in [2.75, 3.05) is 0 Å². The van der Waals surface area contributed by atoms with Crippen molar-refractivity contribution in [2.45, 2.75) is 24.3 Å². The third-order valence-corrected chi connectivity index (χ3v) is 5.50. The molecule has 0 amide bonds. The van der Waals surface area contributed by atoms with Crippen LogP contribution in [-0.4, -0.2) is 25.0 Å². The number of aryl methyl sites for hydroxylation is 1. The van der Waals surface area contributed by atoms with Gasteiger partial charge in [-0.25, -0.2) is 0 Å². The van der Waals surface area contributed by atoms with Gasteiger partial charge in [0.05, 0.1) is 10.1 Å². The van der Waals surface area contributed by atoms with Crippen molar-refractivity contribution >= 4 is 23.1 Å². The van der Waals surface area contributed by atoms with Crippen LogP contribution < -0.4 is 0 Å². The van der Waals surface area contributed by atoms with Crippen LogP contribution in [0.3, 0.4) is 0 Å². The maximum atomic E-state index is 5.82. The van der Waals surface area contributed by atoms with Crippen LogP contribution in [0.15, 0.2) is 57.4 Å². The summed E-state index contributed by atoms with van der Waals surface area (Å²) in [6.07, 6.45) is 0. The lowest BCUT2D eigenvalue weighted by molar-refractivity contribution is 0.510. The zero-order chi connectivity index (χ0) is 17.2. The fourth-order valence-corrected chi connectivity index (χ4v) is 3.99. The van der Waals surface area contributed by atoms with Gasteiger partial charge in [-0.05, 0) is 37.4 Å². The topological polar surface area (TPSA) is 69.6 Å². The Morgan fingerprint density at radius 3 is 2.64 bits per heavy atom. The number of benzene rings is 1. The van der Waals surface area contributed by atoms with Crippen LogP contribution in [-0.2, 0) is 0 Å². The molecule has 4 aromatic rings. The SMILES string of the molecule is Cc1nnc(S[C@@H](C)c2nnc(-c3cccs3)o2)n1-c1ccccc1. The number of thioether (sulfide) groups is 1. The molecular formula is C17H15N5OS2. The van der Waals surface area contributed by atoms with Gasteiger partial charge in [0, 0.05) is 5.69 Å². The van der Waals surface area contributed by atoms with Crippen LogP contribution in [0.2, 0.25) is 0 Å². The Kier molecular flexibility index (Phi) is 4.37. The zero-order valence-electron chi connectivity index (χ0n) is 13.7. The average Bonchev–Trinajstić information content (AvgIpc) is 3.36. The largest absolute Gasteiger partial charge is 0.419 e. The Morgan fingerprint density at radius 1 is 1.04 bits per heavy atom. The predicted octanol–water partition coefficient (Wildman–Crippen LogP) is 4.54. The van der Waals surface area contributed by atoms with E-state index >= 15 is 0 Å². The van der Waals surface area contributed by atoms with Gasteiger partial charge in [0.1, 0.15) is 5.82 Å². The molecule has 0 fully saturated rings. The lowest BCUT2D eigenvalue weighted by Gasteiger charge is -2.10. The van der Waals surface area contributed by atoms with E-state index in [-0.39, 0.29) is 5.25 Å². The third kappa shape index (κ3) is 3.22. The van der Waals surface area contributed by atoms with E-state index in [2.05, 4.69) is 20.4 Å². The molecule has 25 heavy (non-hydrogen) atoms. The molecule has 126 valence electrons. The van der Waals surface area contributed by atoms with E-state index in [0.717, 1.165) is 21.5 Å². The molecule has 0 aliphatic rings. The predicted molar refractivity (Wildman–Crippen MR) is 98.0 cm³/mol. The number of nitrogens with zero attached hydrogens (tertiary/aromatic N) is 5. The molecule has 1 aromatic carbocycles. The van der Waals surface area contributed by atoms with E-state index in [9.17, 15) is 0 Å². The van der Waals surface area contributed by atoms with Crippen molar-refractivity contribution in [3.63, 3.8) is 0 Å². The molecule has 0 saturated carbocycles. The zero-order valence-corrected chi connectivity index (χ0v) is 15.3. The number of para-hydroxylation sites is 1. The molecule has 0 saturated heterocycles. The van der Waals surface area contributed by atoms with Crippen molar-refractivity contribution in [1.29, 1.82) is 0 Å². The summed E-state index contributed by atoms with van der Waals surface area (Å²) in [4.78, 5) is 0.972. The second kappa shape index (κ2) is 6.81. The summed E-state index contributed by atoms with van der Waals surface area (Å²) in [5.74, 6) is 1.97. The van der Waals surface area contributed by atoms with Gasteiger partial charge in [-0.2, -0.15) is 0 Å². The molecule has 0 spiro atoms. The molecule has 0 bridgehead atoms. The summed E-state index contributed by atoms with van der Waals surface area (Å²) in [5, 5.41) is 19.6. The van der Waals surface area contributed by atoms with Crippen LogP contribution >= 0.6 is 23.1 Å². The van der Waals surface area contributed by atoms with Gasteiger partial charge in [0.15, 0.2) is 5.16 Å². The van der Waals surface area contributed by atoms with Crippen LogP contribution in [0.25, 0.3) is 16.5 Å². The average molecular weight is 369 g/mol. The highest BCUT2D eigenvalue weighted by atomic mass is 32.2. The molecule has 0 aliphatic carbocycles. The Balaban J connectivity index is 1.59. The summed E-state index contributed by atoms with van der Waals surface area (Å²) < 4.78 is 7.85. The van der Waals surface area contributed by atoms with Crippen molar-refractivity contribution in [3.8, 4) is 16.5 Å². The number of hydrogen-bond acceptors (Lipinski definition) is 7. The van der Waals surface area contributed by atoms with Crippen molar-refractivity contribution in [2.24, 2.45) is 0 Å². The molecule has 0 unspecified atom stereocenters. The van der Waals surface area contributed by atoms with Crippen LogP contribution in [0, 0.1) is 6.92 Å². The molecule has 4 rings (SSSR count). The molecule has 8 heteroatoms. The lowest BCUT2D eigenvalue weighted by Crippen LogP contribution is -2.00. The van der Waals surface area contributed by atoms with Crippen molar-refractivity contribution < 1.29 is 4.42 Å². The standard InChI is InChI=1S/C17H15N5OS2/c1-11(15-19-20-16(23-15)14-9-6-10-24-14)25-17-21-18-12(2)22(17)13-7-4-3-5-8-13/h3-11H,1-2H3/t11-/m0/s1. The molecule has 6 nitrogen and oxygen atoms in total. The Morgan fingerprint density at radius 2 is 1.88 bits per heavy atom. The highest BCUT2D eigenvalue weighted by Gasteiger charge is 2.20. The normalized spacial score (nSPS) is 12.4. The first-order valence-corrected chi connectivity index (χ1v) is 9.49. The first-order chi connectivity index (χ1) is 12.2. The van der Waals surface area contributed by atoms with Crippen LogP contribution in [0.1, 0.15) is 23.9 Å². The fourth-order valence-electron chi connectivity index (χ4n) is 2.40. The molecule has 3 heterocycles. The number of rotatable bonds is 5. The van der Waals surface area contributed by atoms with Gasteiger partial charge in [0.25, 0.3) is 5.89 Å². The Labute approximate surface area is 152 Å². The number of aromatic nitrogens is 5. The van der Waals surface area contributed by atoms with Crippen LogP contribution in [0.5, 0.6) is 0 Å². The van der Waals surface area contributed by atoms with E-state index in [1.807, 2.05) is 66.3 Å². The van der Waals surface area contributed by atoms with Crippen molar-refractivity contribution in [1.82, 2.24) is 25.0 Å². The summed E-state index contributed by atoms with van der Waals surface area (Å²) >= 11 is 3.12. The maximum absolute atomic E-state index is 5.82. The van der Waals surface area contributed by atoms with Crippen molar-refractivity contribution in [3.05, 3.63) is 59.6 Å². The highest BCUT2D eigenvalue weighted by Crippen LogP contribution is 2.36. The second-order valence-electron chi connectivity index (χ2n) is 5.38. The molecule has 0 aliphatic heterocycles. The van der Waals surface area contributed by atoms with E-state index < -0.39 is 0 Å². The highest BCUT2D eigenvalue weighted by molar-refractivity contribution is 7.99. The first kappa shape index (κ1) is 16.0. The summed E-state index contributed by atoms with van der Waals surface area (Å²) in [6.45, 7) is 3.96. The minimum absolute atomic E-state index is 0.0349.